The summed E-state index contributed by atoms with van der Waals surface area (Å²) in [5, 5.41) is 3.77. The van der Waals surface area contributed by atoms with Crippen molar-refractivity contribution in [2.75, 3.05) is 12.4 Å². The molecule has 0 saturated carbocycles. The Kier molecular flexibility index (Phi) is 5.34. The average Bonchev–Trinajstić information content (AvgIpc) is 3.26. The van der Waals surface area contributed by atoms with Gasteiger partial charge in [-0.15, -0.1) is 11.3 Å². The summed E-state index contributed by atoms with van der Waals surface area (Å²) in [5.74, 6) is -0.672. The first-order chi connectivity index (χ1) is 12.1. The third-order valence-corrected chi connectivity index (χ3v) is 5.23. The van der Waals surface area contributed by atoms with E-state index in [1.165, 1.54) is 35.7 Å². The third kappa shape index (κ3) is 3.83. The van der Waals surface area contributed by atoms with Crippen molar-refractivity contribution in [3.8, 4) is 0 Å². The fourth-order valence-electron chi connectivity index (χ4n) is 2.69. The number of hydrogen-bond donors (Lipinski definition) is 3. The van der Waals surface area contributed by atoms with Gasteiger partial charge in [0, 0.05) is 4.88 Å². The fourth-order valence-corrected chi connectivity index (χ4v) is 4.19. The molecule has 2 aromatic heterocycles. The van der Waals surface area contributed by atoms with Gasteiger partial charge < -0.3 is 14.5 Å². The van der Waals surface area contributed by atoms with E-state index in [4.69, 9.17) is 21.4 Å². The van der Waals surface area contributed by atoms with Gasteiger partial charge in [0.05, 0.1) is 18.9 Å². The lowest BCUT2D eigenvalue weighted by Crippen LogP contribution is -2.43. The molecule has 0 atom stereocenters. The maximum Gasteiger partial charge on any atom is 0.341 e. The predicted molar refractivity (Wildman–Crippen MR) is 97.8 cm³/mol. The molecule has 0 saturated heterocycles. The van der Waals surface area contributed by atoms with Gasteiger partial charge in [0.1, 0.15) is 5.00 Å². The molecule has 132 valence electrons. The van der Waals surface area contributed by atoms with E-state index < -0.39 is 5.91 Å². The number of methoxy groups -OCH3 is 1. The monoisotopic (exact) mass is 379 g/mol. The molecule has 25 heavy (non-hydrogen) atoms. The van der Waals surface area contributed by atoms with Crippen molar-refractivity contribution >= 4 is 45.5 Å². The van der Waals surface area contributed by atoms with Crippen LogP contribution in [0.4, 0.5) is 5.00 Å². The second kappa shape index (κ2) is 7.66. The fraction of sp³-hybridized carbons (Fsp3) is 0.312. The number of fused-ring (bicyclic) bond motifs is 1. The first kappa shape index (κ1) is 17.4. The molecule has 0 spiro atoms. The van der Waals surface area contributed by atoms with Crippen LogP contribution in [0, 0.1) is 0 Å². The van der Waals surface area contributed by atoms with Crippen molar-refractivity contribution in [2.45, 2.75) is 25.7 Å². The number of anilines is 1. The second-order valence-corrected chi connectivity index (χ2v) is 6.93. The minimum Gasteiger partial charge on any atom is -0.465 e. The Hall–Kier alpha value is -2.39. The van der Waals surface area contributed by atoms with E-state index in [1.54, 1.807) is 6.07 Å². The molecule has 3 rings (SSSR count). The van der Waals surface area contributed by atoms with E-state index >= 15 is 0 Å². The van der Waals surface area contributed by atoms with Crippen LogP contribution in [0.15, 0.2) is 22.8 Å². The number of rotatable bonds is 3. The Labute approximate surface area is 153 Å². The Morgan fingerprint density at radius 2 is 2.08 bits per heavy atom. The van der Waals surface area contributed by atoms with E-state index in [-0.39, 0.29) is 16.8 Å². The van der Waals surface area contributed by atoms with Gasteiger partial charge in [-0.2, -0.15) is 0 Å². The quantitative estimate of drug-likeness (QED) is 0.429. The van der Waals surface area contributed by atoms with Crippen LogP contribution < -0.4 is 16.2 Å². The topological polar surface area (TPSA) is 92.6 Å². The van der Waals surface area contributed by atoms with Crippen LogP contribution in [-0.4, -0.2) is 24.1 Å². The highest BCUT2D eigenvalue weighted by Crippen LogP contribution is 2.38. The van der Waals surface area contributed by atoms with Gasteiger partial charge in [-0.3, -0.25) is 15.6 Å². The molecule has 0 bridgehead atoms. The predicted octanol–water partition coefficient (Wildman–Crippen LogP) is 2.64. The summed E-state index contributed by atoms with van der Waals surface area (Å²) in [6.45, 7) is 0. The van der Waals surface area contributed by atoms with E-state index in [9.17, 15) is 9.59 Å². The van der Waals surface area contributed by atoms with Crippen LogP contribution in [0.5, 0.6) is 0 Å². The van der Waals surface area contributed by atoms with Gasteiger partial charge in [-0.05, 0) is 55.6 Å². The summed E-state index contributed by atoms with van der Waals surface area (Å²) in [7, 11) is 1.36. The number of thiophene rings is 1. The molecule has 1 aliphatic carbocycles. The SMILES string of the molecule is COC(=O)c1c(NC(=S)NNC(=O)c2ccco2)sc2c1CCCC2. The molecule has 1 aliphatic rings. The number of amides is 1. The summed E-state index contributed by atoms with van der Waals surface area (Å²) in [6, 6.07) is 3.15. The van der Waals surface area contributed by atoms with E-state index in [2.05, 4.69) is 16.2 Å². The molecule has 3 N–H and O–H groups in total. The Morgan fingerprint density at radius 3 is 2.80 bits per heavy atom. The highest BCUT2D eigenvalue weighted by Gasteiger charge is 2.26. The molecular weight excluding hydrogens is 362 g/mol. The van der Waals surface area contributed by atoms with Crippen LogP contribution in [0.3, 0.4) is 0 Å². The number of hydrogen-bond acceptors (Lipinski definition) is 6. The number of hydrazine groups is 1. The maximum absolute atomic E-state index is 12.2. The van der Waals surface area contributed by atoms with Gasteiger partial charge >= 0.3 is 11.9 Å². The normalized spacial score (nSPS) is 12.8. The van der Waals surface area contributed by atoms with Crippen LogP contribution >= 0.6 is 23.6 Å². The van der Waals surface area contributed by atoms with Crippen LogP contribution in [-0.2, 0) is 17.6 Å². The first-order valence-electron chi connectivity index (χ1n) is 7.74. The van der Waals surface area contributed by atoms with Crippen LogP contribution in [0.2, 0.25) is 0 Å². The Bertz CT molecular complexity index is 799. The number of ether oxygens (including phenoxy) is 1. The molecule has 0 aromatic carbocycles. The lowest BCUT2D eigenvalue weighted by atomic mass is 9.95. The van der Waals surface area contributed by atoms with Gasteiger partial charge in [0.25, 0.3) is 0 Å². The largest absolute Gasteiger partial charge is 0.465 e. The van der Waals surface area contributed by atoms with Crippen molar-refractivity contribution in [3.63, 3.8) is 0 Å². The van der Waals surface area contributed by atoms with E-state index in [1.807, 2.05) is 0 Å². The zero-order valence-corrected chi connectivity index (χ0v) is 15.1. The molecular formula is C16H17N3O4S2. The highest BCUT2D eigenvalue weighted by atomic mass is 32.1. The van der Waals surface area contributed by atoms with E-state index in [0.717, 1.165) is 31.2 Å². The van der Waals surface area contributed by atoms with Gasteiger partial charge in [0.15, 0.2) is 10.9 Å². The van der Waals surface area contributed by atoms with Crippen LogP contribution in [0.25, 0.3) is 0 Å². The number of thiocarbonyl (C=S) groups is 1. The smallest absolute Gasteiger partial charge is 0.341 e. The van der Waals surface area contributed by atoms with Crippen molar-refractivity contribution in [1.82, 2.24) is 10.9 Å². The molecule has 9 heteroatoms. The molecule has 0 radical (unpaired) electrons. The highest BCUT2D eigenvalue weighted by molar-refractivity contribution is 7.80. The molecule has 1 amide bonds. The molecule has 7 nitrogen and oxygen atoms in total. The summed E-state index contributed by atoms with van der Waals surface area (Å²) in [6.07, 6.45) is 5.36. The molecule has 2 aromatic rings. The third-order valence-electron chi connectivity index (χ3n) is 3.82. The first-order valence-corrected chi connectivity index (χ1v) is 8.96. The maximum atomic E-state index is 12.2. The van der Waals surface area contributed by atoms with E-state index in [0.29, 0.717) is 10.6 Å². The summed E-state index contributed by atoms with van der Waals surface area (Å²) >= 11 is 6.69. The van der Waals surface area contributed by atoms with Crippen molar-refractivity contribution in [2.24, 2.45) is 0 Å². The van der Waals surface area contributed by atoms with Crippen LogP contribution in [0.1, 0.15) is 44.2 Å². The van der Waals surface area contributed by atoms with Crippen molar-refractivity contribution in [3.05, 3.63) is 40.2 Å². The summed E-state index contributed by atoms with van der Waals surface area (Å²) in [5.41, 5.74) is 6.60. The van der Waals surface area contributed by atoms with Crippen molar-refractivity contribution in [1.29, 1.82) is 0 Å². The number of aryl methyl sites for hydroxylation is 1. The number of furan rings is 1. The molecule has 0 aliphatic heterocycles. The zero-order chi connectivity index (χ0) is 17.8. The average molecular weight is 379 g/mol. The number of esters is 1. The second-order valence-electron chi connectivity index (χ2n) is 5.42. The van der Waals surface area contributed by atoms with Crippen molar-refractivity contribution < 1.29 is 18.7 Å². The summed E-state index contributed by atoms with van der Waals surface area (Å²) in [4.78, 5) is 25.2. The lowest BCUT2D eigenvalue weighted by Gasteiger charge is -2.12. The summed E-state index contributed by atoms with van der Waals surface area (Å²) < 4.78 is 9.90. The molecule has 2 heterocycles. The van der Waals surface area contributed by atoms with Gasteiger partial charge in [-0.25, -0.2) is 4.79 Å². The number of carbonyl (C=O) groups is 2. The Balaban J connectivity index is 1.69. The standard InChI is InChI=1S/C16H17N3O4S2/c1-22-15(21)12-9-5-2-3-7-11(9)25-14(12)17-16(24)19-18-13(20)10-6-4-8-23-10/h4,6,8H,2-3,5,7H2,1H3,(H,18,20)(H2,17,19,24). The van der Waals surface area contributed by atoms with Gasteiger partial charge in [-0.1, -0.05) is 0 Å². The number of carbonyl (C=O) groups excluding carboxylic acids is 2. The molecule has 0 unspecified atom stereocenters. The lowest BCUT2D eigenvalue weighted by molar-refractivity contribution is 0.0600. The number of nitrogens with one attached hydrogen (secondary N) is 3. The minimum atomic E-state index is -0.451. The Morgan fingerprint density at radius 1 is 1.28 bits per heavy atom. The molecule has 0 fully saturated rings. The zero-order valence-electron chi connectivity index (χ0n) is 13.5. The van der Waals surface area contributed by atoms with Gasteiger partial charge in [0.2, 0.25) is 0 Å². The minimum absolute atomic E-state index is 0.164.